The van der Waals surface area contributed by atoms with Crippen molar-refractivity contribution < 1.29 is 13.9 Å². The van der Waals surface area contributed by atoms with Crippen molar-refractivity contribution in [2.45, 2.75) is 25.9 Å². The highest BCUT2D eigenvalue weighted by Gasteiger charge is 2.25. The zero-order chi connectivity index (χ0) is 13.8. The number of amides is 1. The summed E-state index contributed by atoms with van der Waals surface area (Å²) in [6, 6.07) is 4.33. The van der Waals surface area contributed by atoms with Gasteiger partial charge in [-0.3, -0.25) is 4.79 Å². The van der Waals surface area contributed by atoms with Gasteiger partial charge in [0.25, 0.3) is 5.91 Å². The van der Waals surface area contributed by atoms with Crippen LogP contribution in [0.25, 0.3) is 0 Å². The second-order valence-electron chi connectivity index (χ2n) is 4.65. The van der Waals surface area contributed by atoms with Gasteiger partial charge in [0.05, 0.1) is 17.4 Å². The highest BCUT2D eigenvalue weighted by molar-refractivity contribution is 5.99. The van der Waals surface area contributed by atoms with Crippen molar-refractivity contribution in [1.29, 1.82) is 0 Å². The topological polar surface area (TPSA) is 55.6 Å². The molecule has 5 heteroatoms. The smallest absolute Gasteiger partial charge is 0.256 e. The van der Waals surface area contributed by atoms with Gasteiger partial charge in [-0.2, -0.15) is 0 Å². The summed E-state index contributed by atoms with van der Waals surface area (Å²) >= 11 is 0. The summed E-state index contributed by atoms with van der Waals surface area (Å²) in [5.41, 5.74) is 5.79. The van der Waals surface area contributed by atoms with Crippen LogP contribution in [0.1, 0.15) is 30.1 Å². The van der Waals surface area contributed by atoms with Crippen molar-refractivity contribution in [3.8, 4) is 0 Å². The Kier molecular flexibility index (Phi) is 4.37. The van der Waals surface area contributed by atoms with Crippen LogP contribution < -0.4 is 5.73 Å². The van der Waals surface area contributed by atoms with Gasteiger partial charge >= 0.3 is 0 Å². The molecule has 1 aromatic rings. The number of rotatable bonds is 3. The Balaban J connectivity index is 2.03. The molecule has 104 valence electrons. The Bertz CT molecular complexity index is 457. The van der Waals surface area contributed by atoms with Crippen LogP contribution in [-0.2, 0) is 4.74 Å². The standard InChI is InChI=1S/C14H19FN2O2/c1-2-19-10-6-8-17(9-7-10)14(18)11-4-3-5-12(15)13(11)16/h3-5,10H,2,6-9,16H2,1H3. The summed E-state index contributed by atoms with van der Waals surface area (Å²) in [5, 5.41) is 0. The first-order chi connectivity index (χ1) is 9.13. The van der Waals surface area contributed by atoms with E-state index in [9.17, 15) is 9.18 Å². The zero-order valence-corrected chi connectivity index (χ0v) is 11.1. The minimum Gasteiger partial charge on any atom is -0.396 e. The third-order valence-corrected chi connectivity index (χ3v) is 3.41. The third-order valence-electron chi connectivity index (χ3n) is 3.41. The molecule has 0 aromatic heterocycles. The highest BCUT2D eigenvalue weighted by atomic mass is 19.1. The van der Waals surface area contributed by atoms with E-state index in [0.717, 1.165) is 12.8 Å². The number of anilines is 1. The largest absolute Gasteiger partial charge is 0.396 e. The number of ether oxygens (including phenoxy) is 1. The number of benzene rings is 1. The summed E-state index contributed by atoms with van der Waals surface area (Å²) in [5.74, 6) is -0.748. The van der Waals surface area contributed by atoms with Gasteiger partial charge in [0.1, 0.15) is 5.82 Å². The summed E-state index contributed by atoms with van der Waals surface area (Å²) < 4.78 is 18.9. The number of nitrogens with two attached hydrogens (primary N) is 1. The van der Waals surface area contributed by atoms with Crippen molar-refractivity contribution in [3.63, 3.8) is 0 Å². The van der Waals surface area contributed by atoms with Crippen molar-refractivity contribution in [3.05, 3.63) is 29.6 Å². The zero-order valence-electron chi connectivity index (χ0n) is 11.1. The molecule has 2 rings (SSSR count). The number of hydrogen-bond acceptors (Lipinski definition) is 3. The summed E-state index contributed by atoms with van der Waals surface area (Å²) in [6.07, 6.45) is 1.85. The van der Waals surface area contributed by atoms with Crippen molar-refractivity contribution in [1.82, 2.24) is 4.90 Å². The average Bonchev–Trinajstić information content (AvgIpc) is 2.42. The predicted molar refractivity (Wildman–Crippen MR) is 71.4 cm³/mol. The molecule has 0 atom stereocenters. The fourth-order valence-corrected chi connectivity index (χ4v) is 2.36. The van der Waals surface area contributed by atoms with E-state index in [2.05, 4.69) is 0 Å². The maximum atomic E-state index is 13.4. The molecular formula is C14H19FN2O2. The number of likely N-dealkylation sites (tertiary alicyclic amines) is 1. The molecule has 0 bridgehead atoms. The van der Waals surface area contributed by atoms with Gasteiger partial charge in [-0.05, 0) is 31.9 Å². The van der Waals surface area contributed by atoms with E-state index in [0.29, 0.717) is 19.7 Å². The number of nitrogens with zero attached hydrogens (tertiary/aromatic N) is 1. The van der Waals surface area contributed by atoms with Crippen LogP contribution in [-0.4, -0.2) is 36.6 Å². The first kappa shape index (κ1) is 13.8. The molecule has 0 spiro atoms. The van der Waals surface area contributed by atoms with Crippen molar-refractivity contribution >= 4 is 11.6 Å². The van der Waals surface area contributed by atoms with Gasteiger partial charge in [0.2, 0.25) is 0 Å². The molecular weight excluding hydrogens is 247 g/mol. The van der Waals surface area contributed by atoms with Crippen LogP contribution >= 0.6 is 0 Å². The van der Waals surface area contributed by atoms with Crippen LogP contribution in [0.15, 0.2) is 18.2 Å². The Hall–Kier alpha value is -1.62. The normalized spacial score (nSPS) is 16.6. The van der Waals surface area contributed by atoms with Crippen LogP contribution in [0.5, 0.6) is 0 Å². The molecule has 19 heavy (non-hydrogen) atoms. The Morgan fingerprint density at radius 2 is 2.16 bits per heavy atom. The van der Waals surface area contributed by atoms with Gasteiger partial charge in [-0.25, -0.2) is 4.39 Å². The number of para-hydroxylation sites is 1. The van der Waals surface area contributed by atoms with Crippen LogP contribution in [0, 0.1) is 5.82 Å². The molecule has 1 heterocycles. The lowest BCUT2D eigenvalue weighted by atomic mass is 10.1. The Morgan fingerprint density at radius 1 is 1.47 bits per heavy atom. The van der Waals surface area contributed by atoms with Crippen molar-refractivity contribution in [2.24, 2.45) is 0 Å². The summed E-state index contributed by atoms with van der Waals surface area (Å²) in [4.78, 5) is 14.0. The SMILES string of the molecule is CCOC1CCN(C(=O)c2cccc(F)c2N)CC1. The van der Waals surface area contributed by atoms with E-state index in [4.69, 9.17) is 10.5 Å². The molecule has 1 aliphatic heterocycles. The monoisotopic (exact) mass is 266 g/mol. The van der Waals surface area contributed by atoms with Gasteiger partial charge in [-0.1, -0.05) is 6.07 Å². The lowest BCUT2D eigenvalue weighted by Crippen LogP contribution is -2.41. The Morgan fingerprint density at radius 3 is 2.79 bits per heavy atom. The van der Waals surface area contributed by atoms with Gasteiger partial charge in [-0.15, -0.1) is 0 Å². The maximum Gasteiger partial charge on any atom is 0.256 e. The van der Waals surface area contributed by atoms with Crippen molar-refractivity contribution in [2.75, 3.05) is 25.4 Å². The lowest BCUT2D eigenvalue weighted by molar-refractivity contribution is 0.0146. The molecule has 0 saturated carbocycles. The molecule has 1 amide bonds. The third kappa shape index (κ3) is 3.04. The second kappa shape index (κ2) is 6.02. The first-order valence-electron chi connectivity index (χ1n) is 6.58. The second-order valence-corrected chi connectivity index (χ2v) is 4.65. The molecule has 2 N–H and O–H groups in total. The van der Waals surface area contributed by atoms with E-state index < -0.39 is 5.82 Å². The molecule has 1 aliphatic rings. The molecule has 1 fully saturated rings. The lowest BCUT2D eigenvalue weighted by Gasteiger charge is -2.32. The number of halogens is 1. The van der Waals surface area contributed by atoms with E-state index in [1.165, 1.54) is 12.1 Å². The molecule has 0 unspecified atom stereocenters. The van der Waals surface area contributed by atoms with E-state index in [-0.39, 0.29) is 23.3 Å². The first-order valence-corrected chi connectivity index (χ1v) is 6.58. The van der Waals surface area contributed by atoms with Gasteiger partial charge in [0, 0.05) is 19.7 Å². The fourth-order valence-electron chi connectivity index (χ4n) is 2.36. The van der Waals surface area contributed by atoms with E-state index in [1.54, 1.807) is 11.0 Å². The predicted octanol–water partition coefficient (Wildman–Crippen LogP) is 2.05. The summed E-state index contributed by atoms with van der Waals surface area (Å²) in [6.45, 7) is 3.90. The minimum absolute atomic E-state index is 0.0700. The summed E-state index contributed by atoms with van der Waals surface area (Å²) in [7, 11) is 0. The number of carbonyl (C=O) groups excluding carboxylic acids is 1. The number of hydrogen-bond donors (Lipinski definition) is 1. The van der Waals surface area contributed by atoms with Gasteiger partial charge < -0.3 is 15.4 Å². The average molecular weight is 266 g/mol. The van der Waals surface area contributed by atoms with Crippen LogP contribution in [0.2, 0.25) is 0 Å². The Labute approximate surface area is 112 Å². The quantitative estimate of drug-likeness (QED) is 0.852. The molecule has 1 aromatic carbocycles. The molecule has 4 nitrogen and oxygen atoms in total. The number of nitrogen functional groups attached to an aromatic ring is 1. The molecule has 1 saturated heterocycles. The maximum absolute atomic E-state index is 13.4. The molecule has 0 radical (unpaired) electrons. The minimum atomic E-state index is -0.546. The van der Waals surface area contributed by atoms with Crippen LogP contribution in [0.4, 0.5) is 10.1 Å². The van der Waals surface area contributed by atoms with Gasteiger partial charge in [0.15, 0.2) is 0 Å². The van der Waals surface area contributed by atoms with E-state index >= 15 is 0 Å². The number of carbonyl (C=O) groups is 1. The van der Waals surface area contributed by atoms with Crippen LogP contribution in [0.3, 0.4) is 0 Å². The fraction of sp³-hybridized carbons (Fsp3) is 0.500. The molecule has 0 aliphatic carbocycles. The number of piperidine rings is 1. The highest BCUT2D eigenvalue weighted by Crippen LogP contribution is 2.21. The van der Waals surface area contributed by atoms with E-state index in [1.807, 2.05) is 6.92 Å².